The third-order valence-electron chi connectivity index (χ3n) is 3.46. The molecule has 0 saturated carbocycles. The third kappa shape index (κ3) is 3.39. The Morgan fingerprint density at radius 1 is 1.33 bits per heavy atom. The van der Waals surface area contributed by atoms with Crippen molar-refractivity contribution in [2.45, 2.75) is 27.3 Å². The van der Waals surface area contributed by atoms with Crippen LogP contribution in [0.5, 0.6) is 0 Å². The van der Waals surface area contributed by atoms with Crippen LogP contribution in [0.2, 0.25) is 0 Å². The average molecular weight is 287 g/mol. The highest BCUT2D eigenvalue weighted by molar-refractivity contribution is 5.92. The highest BCUT2D eigenvalue weighted by atomic mass is 16.1. The van der Waals surface area contributed by atoms with Crippen molar-refractivity contribution in [3.63, 3.8) is 0 Å². The minimum atomic E-state index is -0.180. The number of carbonyl (C=O) groups excluding carboxylic acids is 1. The molecule has 2 heterocycles. The minimum Gasteiger partial charge on any atom is -0.384 e. The Hall–Kier alpha value is -2.37. The van der Waals surface area contributed by atoms with Crippen LogP contribution >= 0.6 is 0 Å². The number of rotatable bonds is 5. The Bertz CT molecular complexity index is 630. The number of hydrogen-bond acceptors (Lipinski definition) is 4. The van der Waals surface area contributed by atoms with Gasteiger partial charge in [0.2, 0.25) is 0 Å². The Labute approximate surface area is 124 Å². The van der Waals surface area contributed by atoms with Crippen molar-refractivity contribution in [2.24, 2.45) is 7.05 Å². The first kappa shape index (κ1) is 15.0. The number of anilines is 1. The molecule has 0 atom stereocenters. The van der Waals surface area contributed by atoms with Crippen molar-refractivity contribution in [2.75, 3.05) is 11.9 Å². The van der Waals surface area contributed by atoms with Gasteiger partial charge in [-0.3, -0.25) is 9.48 Å². The van der Waals surface area contributed by atoms with E-state index < -0.39 is 0 Å². The molecule has 0 fully saturated rings. The summed E-state index contributed by atoms with van der Waals surface area (Å²) in [5.74, 6) is -0.180. The Kier molecular flexibility index (Phi) is 4.57. The van der Waals surface area contributed by atoms with E-state index in [0.717, 1.165) is 29.2 Å². The molecular formula is C15H21N5O. The summed E-state index contributed by atoms with van der Waals surface area (Å²) in [7, 11) is 1.90. The molecule has 0 radical (unpaired) electrons. The number of carbonyl (C=O) groups is 1. The lowest BCUT2D eigenvalue weighted by molar-refractivity contribution is 0.0946. The molecule has 2 aromatic heterocycles. The first-order valence-electron chi connectivity index (χ1n) is 7.00. The summed E-state index contributed by atoms with van der Waals surface area (Å²) < 4.78 is 1.82. The lowest BCUT2D eigenvalue weighted by Gasteiger charge is -2.07. The van der Waals surface area contributed by atoms with E-state index in [1.54, 1.807) is 12.3 Å². The molecule has 2 N–H and O–H groups in total. The van der Waals surface area contributed by atoms with E-state index in [2.05, 4.69) is 20.7 Å². The minimum absolute atomic E-state index is 0.180. The maximum atomic E-state index is 12.1. The summed E-state index contributed by atoms with van der Waals surface area (Å²) in [6.45, 7) is 7.23. The van der Waals surface area contributed by atoms with Gasteiger partial charge in [0.15, 0.2) is 0 Å². The van der Waals surface area contributed by atoms with Crippen molar-refractivity contribution in [3.05, 3.63) is 41.0 Å². The van der Waals surface area contributed by atoms with Crippen LogP contribution in [0.15, 0.2) is 18.3 Å². The predicted molar refractivity (Wildman–Crippen MR) is 82.3 cm³/mol. The quantitative estimate of drug-likeness (QED) is 0.879. The van der Waals surface area contributed by atoms with E-state index in [0.29, 0.717) is 12.2 Å². The van der Waals surface area contributed by atoms with Crippen molar-refractivity contribution in [3.8, 4) is 0 Å². The summed E-state index contributed by atoms with van der Waals surface area (Å²) in [5.41, 5.74) is 4.37. The van der Waals surface area contributed by atoms with Gasteiger partial charge in [-0.15, -0.1) is 0 Å². The second-order valence-corrected chi connectivity index (χ2v) is 4.92. The molecule has 6 heteroatoms. The van der Waals surface area contributed by atoms with Gasteiger partial charge in [-0.2, -0.15) is 5.10 Å². The van der Waals surface area contributed by atoms with Gasteiger partial charge < -0.3 is 10.6 Å². The molecule has 0 aliphatic heterocycles. The number of amides is 1. The molecule has 0 unspecified atom stereocenters. The van der Waals surface area contributed by atoms with Crippen molar-refractivity contribution >= 4 is 11.6 Å². The largest absolute Gasteiger partial charge is 0.384 e. The molecule has 2 rings (SSSR count). The number of nitrogens with one attached hydrogen (secondary N) is 2. The smallest absolute Gasteiger partial charge is 0.270 e. The zero-order valence-corrected chi connectivity index (χ0v) is 12.9. The molecule has 0 spiro atoms. The van der Waals surface area contributed by atoms with Crippen LogP contribution < -0.4 is 10.6 Å². The van der Waals surface area contributed by atoms with E-state index >= 15 is 0 Å². The van der Waals surface area contributed by atoms with Gasteiger partial charge in [0, 0.05) is 31.4 Å². The van der Waals surface area contributed by atoms with Crippen molar-refractivity contribution in [1.82, 2.24) is 20.1 Å². The van der Waals surface area contributed by atoms with Crippen LogP contribution in [0.3, 0.4) is 0 Å². The fourth-order valence-corrected chi connectivity index (χ4v) is 2.17. The van der Waals surface area contributed by atoms with Gasteiger partial charge in [-0.25, -0.2) is 4.98 Å². The van der Waals surface area contributed by atoms with Crippen LogP contribution in [0.1, 0.15) is 34.4 Å². The molecule has 0 aliphatic carbocycles. The molecule has 21 heavy (non-hydrogen) atoms. The lowest BCUT2D eigenvalue weighted by Crippen LogP contribution is -2.24. The molecule has 0 bridgehead atoms. The fraction of sp³-hybridized carbons (Fsp3) is 0.400. The Morgan fingerprint density at radius 2 is 2.10 bits per heavy atom. The van der Waals surface area contributed by atoms with E-state index in [9.17, 15) is 4.79 Å². The molecule has 6 nitrogen and oxygen atoms in total. The average Bonchev–Trinajstić information content (AvgIpc) is 2.71. The van der Waals surface area contributed by atoms with Crippen LogP contribution in [0.25, 0.3) is 0 Å². The first-order valence-corrected chi connectivity index (χ1v) is 7.00. The predicted octanol–water partition coefficient (Wildman–Crippen LogP) is 1.79. The van der Waals surface area contributed by atoms with Crippen LogP contribution in [0.4, 0.5) is 5.69 Å². The van der Waals surface area contributed by atoms with E-state index in [1.165, 1.54) is 0 Å². The Balaban J connectivity index is 2.01. The van der Waals surface area contributed by atoms with Gasteiger partial charge in [0.05, 0.1) is 17.6 Å². The maximum absolute atomic E-state index is 12.1. The third-order valence-corrected chi connectivity index (χ3v) is 3.46. The van der Waals surface area contributed by atoms with E-state index in [1.807, 2.05) is 38.6 Å². The SMILES string of the molecule is CCNc1ccc(C(=O)NCc2c(C)nn(C)c2C)nc1. The van der Waals surface area contributed by atoms with Gasteiger partial charge >= 0.3 is 0 Å². The van der Waals surface area contributed by atoms with Crippen molar-refractivity contribution < 1.29 is 4.79 Å². The van der Waals surface area contributed by atoms with Gasteiger partial charge in [0.1, 0.15) is 5.69 Å². The van der Waals surface area contributed by atoms with E-state index in [-0.39, 0.29) is 5.91 Å². The second kappa shape index (κ2) is 6.39. The number of pyridine rings is 1. The standard InChI is InChI=1S/C15H21N5O/c1-5-16-12-6-7-14(17-8-12)15(21)18-9-13-10(2)19-20(4)11(13)3/h6-8,16H,5,9H2,1-4H3,(H,18,21). The monoisotopic (exact) mass is 287 g/mol. The summed E-state index contributed by atoms with van der Waals surface area (Å²) in [5, 5.41) is 10.4. The Morgan fingerprint density at radius 3 is 2.62 bits per heavy atom. The first-order chi connectivity index (χ1) is 10.0. The summed E-state index contributed by atoms with van der Waals surface area (Å²) >= 11 is 0. The molecule has 0 aromatic carbocycles. The highest BCUT2D eigenvalue weighted by Crippen LogP contribution is 2.12. The highest BCUT2D eigenvalue weighted by Gasteiger charge is 2.12. The zero-order chi connectivity index (χ0) is 15.4. The summed E-state index contributed by atoms with van der Waals surface area (Å²) in [6.07, 6.45) is 1.67. The molecular weight excluding hydrogens is 266 g/mol. The summed E-state index contributed by atoms with van der Waals surface area (Å²) in [4.78, 5) is 16.3. The normalized spacial score (nSPS) is 10.5. The lowest BCUT2D eigenvalue weighted by atomic mass is 10.2. The number of nitrogens with zero attached hydrogens (tertiary/aromatic N) is 3. The topological polar surface area (TPSA) is 71.8 Å². The summed E-state index contributed by atoms with van der Waals surface area (Å²) in [6, 6.07) is 3.57. The van der Waals surface area contributed by atoms with Gasteiger partial charge in [-0.05, 0) is 32.9 Å². The number of aryl methyl sites for hydroxylation is 2. The fourth-order valence-electron chi connectivity index (χ4n) is 2.17. The van der Waals surface area contributed by atoms with Gasteiger partial charge in [-0.1, -0.05) is 0 Å². The van der Waals surface area contributed by atoms with Crippen molar-refractivity contribution in [1.29, 1.82) is 0 Å². The molecule has 112 valence electrons. The molecule has 2 aromatic rings. The zero-order valence-electron chi connectivity index (χ0n) is 12.9. The second-order valence-electron chi connectivity index (χ2n) is 4.92. The van der Waals surface area contributed by atoms with Crippen LogP contribution in [-0.2, 0) is 13.6 Å². The maximum Gasteiger partial charge on any atom is 0.270 e. The van der Waals surface area contributed by atoms with Crippen LogP contribution in [-0.4, -0.2) is 27.2 Å². The number of hydrogen-bond donors (Lipinski definition) is 2. The molecule has 1 amide bonds. The van der Waals surface area contributed by atoms with E-state index in [4.69, 9.17) is 0 Å². The van der Waals surface area contributed by atoms with Crippen LogP contribution in [0, 0.1) is 13.8 Å². The number of aromatic nitrogens is 3. The molecule has 0 saturated heterocycles. The van der Waals surface area contributed by atoms with Gasteiger partial charge in [0.25, 0.3) is 5.91 Å². The molecule has 0 aliphatic rings.